The zero-order chi connectivity index (χ0) is 13.1. The second-order valence-electron chi connectivity index (χ2n) is 3.89. The standard InChI is InChI=1S/C14H12BrFOS/c1-9(17)11-8-10(16)6-7-13(11)18-14-5-3-2-4-12(14)15/h2-9,17H,1H3/t9-/m1/s1. The van der Waals surface area contributed by atoms with Gasteiger partial charge in [0, 0.05) is 14.3 Å². The molecule has 0 bridgehead atoms. The van der Waals surface area contributed by atoms with Crippen LogP contribution in [0, 0.1) is 5.82 Å². The van der Waals surface area contributed by atoms with Crippen molar-refractivity contribution in [2.75, 3.05) is 0 Å². The van der Waals surface area contributed by atoms with Crippen LogP contribution in [0.25, 0.3) is 0 Å². The van der Waals surface area contributed by atoms with Crippen LogP contribution in [0.2, 0.25) is 0 Å². The van der Waals surface area contributed by atoms with E-state index in [1.807, 2.05) is 24.3 Å². The molecule has 2 aromatic rings. The number of halogens is 2. The van der Waals surface area contributed by atoms with Crippen LogP contribution in [0.15, 0.2) is 56.7 Å². The van der Waals surface area contributed by atoms with Crippen molar-refractivity contribution in [3.63, 3.8) is 0 Å². The molecule has 1 N–H and O–H groups in total. The Morgan fingerprint density at radius 1 is 1.17 bits per heavy atom. The Hall–Kier alpha value is -0.840. The molecule has 18 heavy (non-hydrogen) atoms. The van der Waals surface area contributed by atoms with Gasteiger partial charge in [0.25, 0.3) is 0 Å². The van der Waals surface area contributed by atoms with Crippen LogP contribution in [0.3, 0.4) is 0 Å². The molecule has 94 valence electrons. The molecule has 0 unspecified atom stereocenters. The first-order chi connectivity index (χ1) is 8.58. The lowest BCUT2D eigenvalue weighted by molar-refractivity contribution is 0.196. The lowest BCUT2D eigenvalue weighted by atomic mass is 10.1. The van der Waals surface area contributed by atoms with E-state index >= 15 is 0 Å². The number of hydrogen-bond donors (Lipinski definition) is 1. The Morgan fingerprint density at radius 2 is 1.89 bits per heavy atom. The molecule has 0 saturated carbocycles. The number of aliphatic hydroxyl groups is 1. The van der Waals surface area contributed by atoms with Crippen molar-refractivity contribution < 1.29 is 9.50 Å². The predicted octanol–water partition coefficient (Wildman–Crippen LogP) is 4.79. The molecule has 0 heterocycles. The zero-order valence-corrected chi connectivity index (χ0v) is 12.1. The van der Waals surface area contributed by atoms with Crippen molar-refractivity contribution in [3.05, 3.63) is 58.3 Å². The van der Waals surface area contributed by atoms with Crippen molar-refractivity contribution >= 4 is 27.7 Å². The van der Waals surface area contributed by atoms with Crippen LogP contribution >= 0.6 is 27.7 Å². The minimum Gasteiger partial charge on any atom is -0.389 e. The minimum atomic E-state index is -0.689. The fraction of sp³-hybridized carbons (Fsp3) is 0.143. The molecular weight excluding hydrogens is 315 g/mol. The minimum absolute atomic E-state index is 0.331. The molecule has 0 aromatic heterocycles. The average Bonchev–Trinajstić information content (AvgIpc) is 2.34. The summed E-state index contributed by atoms with van der Waals surface area (Å²) >= 11 is 4.98. The van der Waals surface area contributed by atoms with Gasteiger partial charge in [0.15, 0.2) is 0 Å². The summed E-state index contributed by atoms with van der Waals surface area (Å²) in [5.41, 5.74) is 0.607. The van der Waals surface area contributed by atoms with Gasteiger partial charge in [-0.05, 0) is 58.7 Å². The third kappa shape index (κ3) is 3.13. The molecule has 0 fully saturated rings. The van der Waals surface area contributed by atoms with Crippen molar-refractivity contribution in [1.29, 1.82) is 0 Å². The van der Waals surface area contributed by atoms with Crippen LogP contribution < -0.4 is 0 Å². The van der Waals surface area contributed by atoms with Gasteiger partial charge in [0.05, 0.1) is 6.10 Å². The average molecular weight is 327 g/mol. The molecule has 2 aromatic carbocycles. The highest BCUT2D eigenvalue weighted by Crippen LogP contribution is 2.37. The van der Waals surface area contributed by atoms with Gasteiger partial charge in [0.2, 0.25) is 0 Å². The lowest BCUT2D eigenvalue weighted by Crippen LogP contribution is -1.95. The van der Waals surface area contributed by atoms with Crippen LogP contribution in [0.1, 0.15) is 18.6 Å². The Balaban J connectivity index is 2.37. The van der Waals surface area contributed by atoms with Gasteiger partial charge in [-0.25, -0.2) is 4.39 Å². The Kier molecular flexibility index (Phi) is 4.43. The van der Waals surface area contributed by atoms with E-state index in [0.717, 1.165) is 14.3 Å². The first-order valence-corrected chi connectivity index (χ1v) is 7.09. The fourth-order valence-electron chi connectivity index (χ4n) is 1.58. The fourth-order valence-corrected chi connectivity index (χ4v) is 3.14. The summed E-state index contributed by atoms with van der Waals surface area (Å²) in [6.45, 7) is 1.64. The third-order valence-electron chi connectivity index (χ3n) is 2.48. The van der Waals surface area contributed by atoms with E-state index in [2.05, 4.69) is 15.9 Å². The summed E-state index contributed by atoms with van der Waals surface area (Å²) in [5, 5.41) is 9.68. The van der Waals surface area contributed by atoms with Crippen LogP contribution in [-0.2, 0) is 0 Å². The van der Waals surface area contributed by atoms with E-state index in [-0.39, 0.29) is 5.82 Å². The summed E-state index contributed by atoms with van der Waals surface area (Å²) in [6.07, 6.45) is -0.689. The first-order valence-electron chi connectivity index (χ1n) is 5.48. The maximum absolute atomic E-state index is 13.2. The highest BCUT2D eigenvalue weighted by atomic mass is 79.9. The summed E-state index contributed by atoms with van der Waals surface area (Å²) in [4.78, 5) is 1.89. The van der Waals surface area contributed by atoms with E-state index in [0.29, 0.717) is 5.56 Å². The molecule has 4 heteroatoms. The molecule has 0 saturated heterocycles. The third-order valence-corrected chi connectivity index (χ3v) is 4.60. The summed E-state index contributed by atoms with van der Waals surface area (Å²) in [6, 6.07) is 12.3. The molecule has 1 atom stereocenters. The largest absolute Gasteiger partial charge is 0.389 e. The number of benzene rings is 2. The molecule has 0 aliphatic carbocycles. The van der Waals surface area contributed by atoms with Crippen molar-refractivity contribution in [2.24, 2.45) is 0 Å². The number of hydrogen-bond acceptors (Lipinski definition) is 2. The van der Waals surface area contributed by atoms with Gasteiger partial charge in [-0.3, -0.25) is 0 Å². The monoisotopic (exact) mass is 326 g/mol. The maximum atomic E-state index is 13.2. The van der Waals surface area contributed by atoms with Gasteiger partial charge in [-0.1, -0.05) is 23.9 Å². The summed E-state index contributed by atoms with van der Waals surface area (Å²) in [5.74, 6) is -0.331. The summed E-state index contributed by atoms with van der Waals surface area (Å²) in [7, 11) is 0. The topological polar surface area (TPSA) is 20.2 Å². The lowest BCUT2D eigenvalue weighted by Gasteiger charge is -2.12. The number of rotatable bonds is 3. The smallest absolute Gasteiger partial charge is 0.123 e. The van der Waals surface area contributed by atoms with Crippen molar-refractivity contribution in [3.8, 4) is 0 Å². The highest BCUT2D eigenvalue weighted by molar-refractivity contribution is 9.10. The van der Waals surface area contributed by atoms with Gasteiger partial charge < -0.3 is 5.11 Å². The predicted molar refractivity (Wildman–Crippen MR) is 75.3 cm³/mol. The normalized spacial score (nSPS) is 12.4. The Bertz CT molecular complexity index is 557. The second-order valence-corrected chi connectivity index (χ2v) is 5.83. The quantitative estimate of drug-likeness (QED) is 0.874. The molecule has 1 nitrogen and oxygen atoms in total. The van der Waals surface area contributed by atoms with E-state index < -0.39 is 6.10 Å². The molecule has 0 radical (unpaired) electrons. The maximum Gasteiger partial charge on any atom is 0.123 e. The van der Waals surface area contributed by atoms with Gasteiger partial charge in [-0.2, -0.15) is 0 Å². The molecule has 0 amide bonds. The summed E-state index contributed by atoms with van der Waals surface area (Å²) < 4.78 is 14.2. The van der Waals surface area contributed by atoms with Gasteiger partial charge in [-0.15, -0.1) is 0 Å². The van der Waals surface area contributed by atoms with Crippen LogP contribution in [0.5, 0.6) is 0 Å². The van der Waals surface area contributed by atoms with E-state index in [4.69, 9.17) is 0 Å². The molecule has 2 rings (SSSR count). The van der Waals surface area contributed by atoms with Gasteiger partial charge in [0.1, 0.15) is 5.82 Å². The highest BCUT2D eigenvalue weighted by Gasteiger charge is 2.11. The van der Waals surface area contributed by atoms with Crippen LogP contribution in [-0.4, -0.2) is 5.11 Å². The van der Waals surface area contributed by atoms with E-state index in [1.54, 1.807) is 13.0 Å². The SMILES string of the molecule is C[C@@H](O)c1cc(F)ccc1Sc1ccccc1Br. The second kappa shape index (κ2) is 5.87. The van der Waals surface area contributed by atoms with Crippen molar-refractivity contribution in [1.82, 2.24) is 0 Å². The Morgan fingerprint density at radius 3 is 2.56 bits per heavy atom. The number of aliphatic hydroxyl groups excluding tert-OH is 1. The molecule has 0 spiro atoms. The zero-order valence-electron chi connectivity index (χ0n) is 9.73. The van der Waals surface area contributed by atoms with Crippen LogP contribution in [0.4, 0.5) is 4.39 Å². The first kappa shape index (κ1) is 13.6. The molecular formula is C14H12BrFOS. The van der Waals surface area contributed by atoms with Gasteiger partial charge >= 0.3 is 0 Å². The Labute approximate surface area is 118 Å². The van der Waals surface area contributed by atoms with E-state index in [9.17, 15) is 9.50 Å². The van der Waals surface area contributed by atoms with Crippen molar-refractivity contribution in [2.45, 2.75) is 22.8 Å². The van der Waals surface area contributed by atoms with E-state index in [1.165, 1.54) is 23.9 Å². The molecule has 0 aliphatic rings. The molecule has 0 aliphatic heterocycles.